The Hall–Kier alpha value is -1.57. The number of nitrogen functional groups attached to an aromatic ring is 1. The number of hydrogen-bond acceptors (Lipinski definition) is 4. The van der Waals surface area contributed by atoms with Gasteiger partial charge >= 0.3 is 0 Å². The van der Waals surface area contributed by atoms with Crippen LogP contribution in [0.25, 0.3) is 11.3 Å². The predicted octanol–water partition coefficient (Wildman–Crippen LogP) is 1.63. The standard InChI is InChI=1S/C11H10IN3O2/c1-17-7-4-2-3-6(5-7)9-8(12)10(16)15-11(13)14-9/h2-5H,1H3,(H3,13,14,15,16). The molecule has 1 aromatic heterocycles. The van der Waals surface area contributed by atoms with Crippen LogP contribution in [-0.2, 0) is 0 Å². The molecule has 0 atom stereocenters. The average molecular weight is 343 g/mol. The van der Waals surface area contributed by atoms with E-state index in [4.69, 9.17) is 10.5 Å². The lowest BCUT2D eigenvalue weighted by Crippen LogP contribution is -2.15. The number of methoxy groups -OCH3 is 1. The molecule has 0 aliphatic heterocycles. The van der Waals surface area contributed by atoms with Crippen LogP contribution in [0.3, 0.4) is 0 Å². The van der Waals surface area contributed by atoms with Crippen molar-refractivity contribution in [3.05, 3.63) is 38.2 Å². The first-order valence-corrected chi connectivity index (χ1v) is 5.89. The molecule has 0 aliphatic carbocycles. The second-order valence-corrected chi connectivity index (χ2v) is 4.42. The fourth-order valence-electron chi connectivity index (χ4n) is 1.44. The molecule has 3 N–H and O–H groups in total. The summed E-state index contributed by atoms with van der Waals surface area (Å²) in [6, 6.07) is 7.32. The van der Waals surface area contributed by atoms with Crippen LogP contribution in [0.1, 0.15) is 0 Å². The number of aromatic amines is 1. The number of H-pyrrole nitrogens is 1. The Bertz CT molecular complexity index is 610. The van der Waals surface area contributed by atoms with Gasteiger partial charge in [0.25, 0.3) is 5.56 Å². The van der Waals surface area contributed by atoms with E-state index in [-0.39, 0.29) is 11.5 Å². The number of halogens is 1. The van der Waals surface area contributed by atoms with E-state index in [9.17, 15) is 4.79 Å². The maximum atomic E-state index is 11.6. The van der Waals surface area contributed by atoms with Gasteiger partial charge < -0.3 is 10.5 Å². The summed E-state index contributed by atoms with van der Waals surface area (Å²) < 4.78 is 5.63. The molecule has 0 amide bonds. The van der Waals surface area contributed by atoms with E-state index in [2.05, 4.69) is 9.97 Å². The van der Waals surface area contributed by atoms with Crippen LogP contribution >= 0.6 is 22.6 Å². The second-order valence-electron chi connectivity index (χ2n) is 3.35. The van der Waals surface area contributed by atoms with Crippen molar-refractivity contribution in [2.75, 3.05) is 12.8 Å². The third-order valence-corrected chi connectivity index (χ3v) is 3.23. The van der Waals surface area contributed by atoms with E-state index < -0.39 is 0 Å². The Balaban J connectivity index is 2.63. The Morgan fingerprint density at radius 2 is 2.24 bits per heavy atom. The average Bonchev–Trinajstić information content (AvgIpc) is 2.34. The van der Waals surface area contributed by atoms with E-state index in [1.54, 1.807) is 7.11 Å². The van der Waals surface area contributed by atoms with Crippen LogP contribution in [0.15, 0.2) is 29.1 Å². The number of hydrogen-bond donors (Lipinski definition) is 2. The van der Waals surface area contributed by atoms with Crippen LogP contribution in [0.4, 0.5) is 5.95 Å². The first-order valence-electron chi connectivity index (χ1n) is 4.81. The lowest BCUT2D eigenvalue weighted by Gasteiger charge is -2.06. The quantitative estimate of drug-likeness (QED) is 0.813. The molecule has 0 radical (unpaired) electrons. The van der Waals surface area contributed by atoms with Gasteiger partial charge in [0.15, 0.2) is 0 Å². The zero-order chi connectivity index (χ0) is 12.4. The van der Waals surface area contributed by atoms with Gasteiger partial charge in [-0.15, -0.1) is 0 Å². The largest absolute Gasteiger partial charge is 0.497 e. The number of nitrogens with zero attached hydrogens (tertiary/aromatic N) is 1. The summed E-state index contributed by atoms with van der Waals surface area (Å²) in [6.45, 7) is 0. The maximum Gasteiger partial charge on any atom is 0.266 e. The lowest BCUT2D eigenvalue weighted by atomic mass is 10.1. The van der Waals surface area contributed by atoms with Gasteiger partial charge in [-0.2, -0.15) is 0 Å². The maximum absolute atomic E-state index is 11.6. The third kappa shape index (κ3) is 2.41. The predicted molar refractivity (Wildman–Crippen MR) is 74.0 cm³/mol. The fraction of sp³-hybridized carbons (Fsp3) is 0.0909. The van der Waals surface area contributed by atoms with Gasteiger partial charge in [0, 0.05) is 5.56 Å². The van der Waals surface area contributed by atoms with Gasteiger partial charge in [0.05, 0.1) is 12.8 Å². The van der Waals surface area contributed by atoms with Gasteiger partial charge in [0.1, 0.15) is 9.32 Å². The molecule has 1 aromatic carbocycles. The van der Waals surface area contributed by atoms with E-state index in [0.29, 0.717) is 15.0 Å². The molecule has 5 nitrogen and oxygen atoms in total. The highest BCUT2D eigenvalue weighted by Gasteiger charge is 2.10. The van der Waals surface area contributed by atoms with Crippen LogP contribution in [0, 0.1) is 3.57 Å². The van der Waals surface area contributed by atoms with Crippen molar-refractivity contribution < 1.29 is 4.74 Å². The number of rotatable bonds is 2. The number of ether oxygens (including phenoxy) is 1. The Kier molecular flexibility index (Phi) is 3.32. The summed E-state index contributed by atoms with van der Waals surface area (Å²) in [7, 11) is 1.59. The molecule has 0 saturated carbocycles. The number of nitrogens with two attached hydrogens (primary N) is 1. The van der Waals surface area contributed by atoms with Crippen LogP contribution in [0.5, 0.6) is 5.75 Å². The molecule has 17 heavy (non-hydrogen) atoms. The van der Waals surface area contributed by atoms with Gasteiger partial charge in [-0.25, -0.2) is 4.98 Å². The van der Waals surface area contributed by atoms with Gasteiger partial charge in [0.2, 0.25) is 5.95 Å². The molecule has 0 aliphatic rings. The van der Waals surface area contributed by atoms with Crippen molar-refractivity contribution in [3.63, 3.8) is 0 Å². The van der Waals surface area contributed by atoms with Crippen molar-refractivity contribution in [3.8, 4) is 17.0 Å². The molecule has 1 heterocycles. The van der Waals surface area contributed by atoms with Crippen molar-refractivity contribution in [2.24, 2.45) is 0 Å². The van der Waals surface area contributed by atoms with E-state index >= 15 is 0 Å². The molecule has 2 aromatic rings. The van der Waals surface area contributed by atoms with Crippen molar-refractivity contribution in [1.29, 1.82) is 0 Å². The number of anilines is 1. The Morgan fingerprint density at radius 3 is 2.94 bits per heavy atom. The minimum atomic E-state index is -0.240. The Morgan fingerprint density at radius 1 is 1.47 bits per heavy atom. The highest BCUT2D eigenvalue weighted by atomic mass is 127. The van der Waals surface area contributed by atoms with E-state index in [1.165, 1.54) is 0 Å². The molecular formula is C11H10IN3O2. The van der Waals surface area contributed by atoms with Crippen molar-refractivity contribution in [2.45, 2.75) is 0 Å². The summed E-state index contributed by atoms with van der Waals surface area (Å²) in [6.07, 6.45) is 0. The molecular weight excluding hydrogens is 333 g/mol. The molecule has 0 saturated heterocycles. The lowest BCUT2D eigenvalue weighted by molar-refractivity contribution is 0.415. The molecule has 0 spiro atoms. The summed E-state index contributed by atoms with van der Waals surface area (Å²) >= 11 is 1.95. The third-order valence-electron chi connectivity index (χ3n) is 2.22. The van der Waals surface area contributed by atoms with Gasteiger partial charge in [-0.3, -0.25) is 9.78 Å². The normalized spacial score (nSPS) is 10.2. The van der Waals surface area contributed by atoms with Gasteiger partial charge in [-0.05, 0) is 34.7 Å². The number of benzene rings is 1. The number of nitrogens with one attached hydrogen (secondary N) is 1. The summed E-state index contributed by atoms with van der Waals surface area (Å²) in [5.41, 5.74) is 6.65. The summed E-state index contributed by atoms with van der Waals surface area (Å²) in [5, 5.41) is 0. The van der Waals surface area contributed by atoms with Crippen molar-refractivity contribution in [1.82, 2.24) is 9.97 Å². The van der Waals surface area contributed by atoms with E-state index in [1.807, 2.05) is 46.9 Å². The zero-order valence-electron chi connectivity index (χ0n) is 9.03. The SMILES string of the molecule is COc1cccc(-c2nc(N)[nH]c(=O)c2I)c1. The summed E-state index contributed by atoms with van der Waals surface area (Å²) in [5.74, 6) is 0.812. The zero-order valence-corrected chi connectivity index (χ0v) is 11.2. The topological polar surface area (TPSA) is 81.0 Å². The molecule has 2 rings (SSSR count). The van der Waals surface area contributed by atoms with Crippen LogP contribution in [0.2, 0.25) is 0 Å². The first kappa shape index (κ1) is 11.9. The molecule has 0 bridgehead atoms. The second kappa shape index (κ2) is 4.74. The molecule has 0 unspecified atom stereocenters. The first-order chi connectivity index (χ1) is 8.11. The molecule has 88 valence electrons. The monoisotopic (exact) mass is 343 g/mol. The van der Waals surface area contributed by atoms with Crippen LogP contribution in [-0.4, -0.2) is 17.1 Å². The highest BCUT2D eigenvalue weighted by Crippen LogP contribution is 2.24. The molecule has 6 heteroatoms. The molecule has 0 fully saturated rings. The van der Waals surface area contributed by atoms with Crippen molar-refractivity contribution >= 4 is 28.5 Å². The van der Waals surface area contributed by atoms with E-state index in [0.717, 1.165) is 5.56 Å². The smallest absolute Gasteiger partial charge is 0.266 e. The van der Waals surface area contributed by atoms with Crippen LogP contribution < -0.4 is 16.0 Å². The highest BCUT2D eigenvalue weighted by molar-refractivity contribution is 14.1. The summed E-state index contributed by atoms with van der Waals surface area (Å²) in [4.78, 5) is 18.2. The van der Waals surface area contributed by atoms with Gasteiger partial charge in [-0.1, -0.05) is 12.1 Å². The fourth-order valence-corrected chi connectivity index (χ4v) is 2.00. The Labute approximate surface area is 111 Å². The number of aromatic nitrogens is 2. The minimum Gasteiger partial charge on any atom is -0.497 e. The minimum absolute atomic E-state index is 0.105.